The van der Waals surface area contributed by atoms with Crippen molar-refractivity contribution in [3.05, 3.63) is 54.4 Å². The number of hydrogen-bond donors (Lipinski definition) is 1. The van der Waals surface area contributed by atoms with Crippen molar-refractivity contribution in [3.63, 3.8) is 0 Å². The number of halogens is 1. The fourth-order valence-electron chi connectivity index (χ4n) is 2.10. The summed E-state index contributed by atoms with van der Waals surface area (Å²) in [5, 5.41) is 3.87. The van der Waals surface area contributed by atoms with E-state index in [0.29, 0.717) is 0 Å². The molecule has 1 aromatic carbocycles. The van der Waals surface area contributed by atoms with E-state index in [-0.39, 0.29) is 28.8 Å². The van der Waals surface area contributed by atoms with Gasteiger partial charge in [-0.25, -0.2) is 27.5 Å². The van der Waals surface area contributed by atoms with Crippen molar-refractivity contribution < 1.29 is 22.3 Å². The number of rotatable bonds is 6. The number of anilines is 1. The van der Waals surface area contributed by atoms with E-state index in [9.17, 15) is 17.6 Å². The lowest BCUT2D eigenvalue weighted by Gasteiger charge is -2.09. The van der Waals surface area contributed by atoms with Crippen molar-refractivity contribution >= 4 is 21.9 Å². The number of carbonyl (C=O) groups is 1. The maximum absolute atomic E-state index is 14.1. The van der Waals surface area contributed by atoms with Crippen LogP contribution in [0.5, 0.6) is 0 Å². The molecule has 0 saturated carbocycles. The number of ether oxygens (including phenoxy) is 1. The Morgan fingerprint density at radius 3 is 2.67 bits per heavy atom. The molecule has 0 spiro atoms. The van der Waals surface area contributed by atoms with Crippen LogP contribution in [0.4, 0.5) is 10.3 Å². The van der Waals surface area contributed by atoms with Crippen LogP contribution in [0.2, 0.25) is 0 Å². The Morgan fingerprint density at radius 2 is 2.00 bits per heavy atom. The normalized spacial score (nSPS) is 11.2. The summed E-state index contributed by atoms with van der Waals surface area (Å²) in [4.78, 5) is 22.6. The summed E-state index contributed by atoms with van der Waals surface area (Å²) in [5.74, 6) is -1.55. The Labute approximate surface area is 153 Å². The molecule has 0 fully saturated rings. The molecule has 0 saturated heterocycles. The minimum Gasteiger partial charge on any atom is -0.469 e. The number of hydrogen-bond acceptors (Lipinski definition) is 8. The summed E-state index contributed by atoms with van der Waals surface area (Å²) in [5.41, 5.74) is 0.0154. The summed E-state index contributed by atoms with van der Waals surface area (Å²) >= 11 is 0. The van der Waals surface area contributed by atoms with Crippen molar-refractivity contribution in [1.29, 1.82) is 0 Å². The van der Waals surface area contributed by atoms with Gasteiger partial charge >= 0.3 is 5.97 Å². The molecule has 140 valence electrons. The van der Waals surface area contributed by atoms with Gasteiger partial charge in [-0.05, 0) is 23.8 Å². The van der Waals surface area contributed by atoms with Crippen LogP contribution in [0.1, 0.15) is 5.56 Å². The fourth-order valence-corrected chi connectivity index (χ4v) is 3.11. The second-order valence-electron chi connectivity index (χ2n) is 5.16. The van der Waals surface area contributed by atoms with E-state index in [1.165, 1.54) is 31.6 Å². The maximum atomic E-state index is 14.1. The number of nitrogens with zero attached hydrogens (tertiary/aromatic N) is 5. The molecule has 0 aliphatic heterocycles. The highest BCUT2D eigenvalue weighted by Crippen LogP contribution is 2.19. The summed E-state index contributed by atoms with van der Waals surface area (Å²) in [7, 11) is -3.00. The van der Waals surface area contributed by atoms with Crippen LogP contribution >= 0.6 is 0 Å². The molecule has 0 amide bonds. The van der Waals surface area contributed by atoms with Crippen molar-refractivity contribution in [3.8, 4) is 5.95 Å². The van der Waals surface area contributed by atoms with Crippen LogP contribution in [0.25, 0.3) is 5.95 Å². The Morgan fingerprint density at radius 1 is 1.26 bits per heavy atom. The van der Waals surface area contributed by atoms with Crippen molar-refractivity contribution in [2.75, 3.05) is 11.8 Å². The molecule has 3 rings (SSSR count). The number of carbonyl (C=O) groups excluding carboxylic acids is 1. The molecule has 0 bridgehead atoms. The van der Waals surface area contributed by atoms with Crippen molar-refractivity contribution in [1.82, 2.24) is 24.7 Å². The van der Waals surface area contributed by atoms with Crippen LogP contribution in [0.15, 0.2) is 47.9 Å². The Balaban J connectivity index is 1.87. The molecule has 1 N–H and O–H groups in total. The second-order valence-corrected chi connectivity index (χ2v) is 6.84. The number of benzene rings is 1. The SMILES string of the molecule is COC(=O)Cc1ccc(S(=O)(=O)Nc2ncnn2-c2ncccn2)cc1F. The van der Waals surface area contributed by atoms with Gasteiger partial charge in [-0.3, -0.25) is 4.79 Å². The zero-order chi connectivity index (χ0) is 19.4. The molecule has 10 nitrogen and oxygen atoms in total. The largest absolute Gasteiger partial charge is 0.469 e. The first-order valence-electron chi connectivity index (χ1n) is 7.46. The third-order valence-corrected chi connectivity index (χ3v) is 4.74. The molecule has 0 atom stereocenters. The van der Waals surface area contributed by atoms with Gasteiger partial charge in [-0.2, -0.15) is 14.8 Å². The highest BCUT2D eigenvalue weighted by Gasteiger charge is 2.21. The average molecular weight is 392 g/mol. The zero-order valence-corrected chi connectivity index (χ0v) is 14.7. The summed E-state index contributed by atoms with van der Waals surface area (Å²) in [6.07, 6.45) is 3.72. The summed E-state index contributed by atoms with van der Waals surface area (Å²) in [6.45, 7) is 0. The highest BCUT2D eigenvalue weighted by atomic mass is 32.2. The number of methoxy groups -OCH3 is 1. The first kappa shape index (κ1) is 18.4. The van der Waals surface area contributed by atoms with Gasteiger partial charge in [0.15, 0.2) is 0 Å². The Kier molecular flexibility index (Phi) is 5.07. The van der Waals surface area contributed by atoms with E-state index in [1.807, 2.05) is 0 Å². The Hall–Kier alpha value is -3.41. The topological polar surface area (TPSA) is 129 Å². The molecule has 2 aromatic heterocycles. The quantitative estimate of drug-likeness (QED) is 0.607. The van der Waals surface area contributed by atoms with Gasteiger partial charge in [0.05, 0.1) is 18.4 Å². The monoisotopic (exact) mass is 392 g/mol. The molecular weight excluding hydrogens is 379 g/mol. The molecular formula is C15H13FN6O4S. The van der Waals surface area contributed by atoms with Crippen LogP contribution < -0.4 is 4.72 Å². The number of esters is 1. The third-order valence-electron chi connectivity index (χ3n) is 3.41. The number of nitrogens with one attached hydrogen (secondary N) is 1. The predicted molar refractivity (Wildman–Crippen MR) is 89.9 cm³/mol. The van der Waals surface area contributed by atoms with Crippen LogP contribution in [-0.4, -0.2) is 46.2 Å². The number of aromatic nitrogens is 5. The predicted octanol–water partition coefficient (Wildman–Crippen LogP) is 0.713. The summed E-state index contributed by atoms with van der Waals surface area (Å²) < 4.78 is 47.0. The lowest BCUT2D eigenvalue weighted by molar-refractivity contribution is -0.139. The van der Waals surface area contributed by atoms with Gasteiger partial charge in [0.2, 0.25) is 5.95 Å². The van der Waals surface area contributed by atoms with Crippen molar-refractivity contribution in [2.45, 2.75) is 11.3 Å². The van der Waals surface area contributed by atoms with Gasteiger partial charge in [0, 0.05) is 12.4 Å². The second kappa shape index (κ2) is 7.45. The minimum absolute atomic E-state index is 0.0154. The smallest absolute Gasteiger partial charge is 0.310 e. The molecule has 0 radical (unpaired) electrons. The molecule has 3 aromatic rings. The highest BCUT2D eigenvalue weighted by molar-refractivity contribution is 7.92. The average Bonchev–Trinajstić information content (AvgIpc) is 3.11. The Bertz CT molecular complexity index is 1070. The lowest BCUT2D eigenvalue weighted by atomic mass is 10.1. The van der Waals surface area contributed by atoms with E-state index >= 15 is 0 Å². The van der Waals surface area contributed by atoms with Gasteiger partial charge in [-0.15, -0.1) is 0 Å². The maximum Gasteiger partial charge on any atom is 0.310 e. The third kappa shape index (κ3) is 4.06. The van der Waals surface area contributed by atoms with E-state index in [4.69, 9.17) is 0 Å². The summed E-state index contributed by atoms with van der Waals surface area (Å²) in [6, 6.07) is 4.76. The zero-order valence-electron chi connectivity index (χ0n) is 13.9. The number of sulfonamides is 1. The van der Waals surface area contributed by atoms with Gasteiger partial charge < -0.3 is 4.74 Å². The molecule has 2 heterocycles. The van der Waals surface area contributed by atoms with Gasteiger partial charge in [0.25, 0.3) is 16.0 Å². The van der Waals surface area contributed by atoms with E-state index in [0.717, 1.165) is 17.1 Å². The van der Waals surface area contributed by atoms with Gasteiger partial charge in [-0.1, -0.05) is 6.07 Å². The van der Waals surface area contributed by atoms with E-state index in [2.05, 4.69) is 29.5 Å². The fraction of sp³-hybridized carbons (Fsp3) is 0.133. The molecule has 12 heteroatoms. The first-order chi connectivity index (χ1) is 12.9. The van der Waals surface area contributed by atoms with Crippen LogP contribution in [0.3, 0.4) is 0 Å². The minimum atomic E-state index is -4.17. The van der Waals surface area contributed by atoms with Crippen LogP contribution in [0, 0.1) is 5.82 Å². The molecule has 0 aliphatic rings. The van der Waals surface area contributed by atoms with E-state index < -0.39 is 21.8 Å². The lowest BCUT2D eigenvalue weighted by Crippen LogP contribution is -2.18. The van der Waals surface area contributed by atoms with Crippen molar-refractivity contribution in [2.24, 2.45) is 0 Å². The molecule has 0 unspecified atom stereocenters. The van der Waals surface area contributed by atoms with Gasteiger partial charge in [0.1, 0.15) is 12.1 Å². The molecule has 0 aliphatic carbocycles. The first-order valence-corrected chi connectivity index (χ1v) is 8.94. The standard InChI is InChI=1S/C15H13FN6O4S/c1-26-13(23)7-10-3-4-11(8-12(10)16)27(24,25)21-15-19-9-20-22(15)14-17-5-2-6-18-14/h2-6,8-9H,7H2,1H3,(H,19,20,21). The molecule has 27 heavy (non-hydrogen) atoms. The van der Waals surface area contributed by atoms with Crippen LogP contribution in [-0.2, 0) is 26.0 Å². The van der Waals surface area contributed by atoms with E-state index in [1.54, 1.807) is 6.07 Å².